The van der Waals surface area contributed by atoms with Crippen LogP contribution in [-0.4, -0.2) is 61.1 Å². The highest BCUT2D eigenvalue weighted by Crippen LogP contribution is 2.38. The van der Waals surface area contributed by atoms with E-state index in [0.717, 1.165) is 47.0 Å². The summed E-state index contributed by atoms with van der Waals surface area (Å²) in [6, 6.07) is 13.3. The lowest BCUT2D eigenvalue weighted by molar-refractivity contribution is -0.141. The van der Waals surface area contributed by atoms with Gasteiger partial charge in [0.1, 0.15) is 17.7 Å². The third-order valence-electron chi connectivity index (χ3n) is 8.10. The Morgan fingerprint density at radius 2 is 2.00 bits per heavy atom. The number of methoxy groups -OCH3 is 1. The van der Waals surface area contributed by atoms with Gasteiger partial charge in [-0.25, -0.2) is 17.8 Å². The van der Waals surface area contributed by atoms with Crippen molar-refractivity contribution >= 4 is 15.8 Å². The van der Waals surface area contributed by atoms with E-state index in [0.29, 0.717) is 49.5 Å². The number of hydrogen-bond acceptors (Lipinski definition) is 7. The maximum atomic E-state index is 15.0. The number of halogens is 1. The van der Waals surface area contributed by atoms with E-state index in [4.69, 9.17) is 9.47 Å². The Labute approximate surface area is 240 Å². The van der Waals surface area contributed by atoms with Gasteiger partial charge in [0.05, 0.1) is 24.5 Å². The SMILES string of the molecule is COc1cc(-c2ccc(C3CCc4ccc(C[C@H](C)C(=O)O)cc4O3)cc2CN2CC[C@@H](S(C)(=O)=O)C2)c(F)cn1. The molecule has 3 heterocycles. The molecule has 218 valence electrons. The molecular formula is C31H35FN2O6S. The first-order chi connectivity index (χ1) is 19.5. The monoisotopic (exact) mass is 582 g/mol. The van der Waals surface area contributed by atoms with Gasteiger partial charge in [0.25, 0.3) is 0 Å². The van der Waals surface area contributed by atoms with E-state index in [1.165, 1.54) is 13.4 Å². The van der Waals surface area contributed by atoms with Gasteiger partial charge < -0.3 is 14.6 Å². The van der Waals surface area contributed by atoms with Crippen molar-refractivity contribution in [1.82, 2.24) is 9.88 Å². The molecule has 0 bridgehead atoms. The zero-order chi connectivity index (χ0) is 29.3. The van der Waals surface area contributed by atoms with Crippen LogP contribution in [0, 0.1) is 11.7 Å². The number of aliphatic carboxylic acids is 1. The predicted octanol–water partition coefficient (Wildman–Crippen LogP) is 4.84. The molecule has 0 saturated carbocycles. The zero-order valence-electron chi connectivity index (χ0n) is 23.5. The van der Waals surface area contributed by atoms with Crippen LogP contribution < -0.4 is 9.47 Å². The van der Waals surface area contributed by atoms with Gasteiger partial charge in [-0.2, -0.15) is 0 Å². The average Bonchev–Trinajstić information content (AvgIpc) is 3.42. The van der Waals surface area contributed by atoms with Crippen molar-refractivity contribution in [2.75, 3.05) is 26.5 Å². The standard InChI is InChI=1S/C31H35FN2O6S/c1-19(31(35)36)12-20-4-5-21-7-9-28(40-29(21)13-20)22-6-8-25(26-15-30(39-2)33-16-27(26)32)23(14-22)17-34-11-10-24(18-34)41(3,37)38/h4-6,8,13-16,19,24,28H,7,9-12,17-18H2,1-3H3,(H,35,36)/t19-,24+,28?/m0/s1. The number of rotatable bonds is 9. The molecule has 2 aliphatic heterocycles. The first kappa shape index (κ1) is 29.0. The third kappa shape index (κ3) is 6.54. The van der Waals surface area contributed by atoms with E-state index in [9.17, 15) is 18.3 Å². The fourth-order valence-corrected chi connectivity index (χ4v) is 6.71. The summed E-state index contributed by atoms with van der Waals surface area (Å²) in [5, 5.41) is 8.89. The summed E-state index contributed by atoms with van der Waals surface area (Å²) < 4.78 is 51.1. The van der Waals surface area contributed by atoms with E-state index in [-0.39, 0.29) is 6.10 Å². The van der Waals surface area contributed by atoms with Gasteiger partial charge in [0.15, 0.2) is 9.84 Å². The number of carboxylic acid groups (broad SMARTS) is 1. The molecule has 1 N–H and O–H groups in total. The maximum Gasteiger partial charge on any atom is 0.306 e. The molecule has 1 unspecified atom stereocenters. The predicted molar refractivity (Wildman–Crippen MR) is 153 cm³/mol. The summed E-state index contributed by atoms with van der Waals surface area (Å²) >= 11 is 0. The normalized spacial score (nSPS) is 19.8. The van der Waals surface area contributed by atoms with Crippen molar-refractivity contribution in [3.63, 3.8) is 0 Å². The summed E-state index contributed by atoms with van der Waals surface area (Å²) in [5.74, 6) is -0.750. The molecule has 1 aromatic heterocycles. The molecule has 5 rings (SSSR count). The van der Waals surface area contributed by atoms with Crippen molar-refractivity contribution in [2.24, 2.45) is 5.92 Å². The topological polar surface area (TPSA) is 106 Å². The van der Waals surface area contributed by atoms with E-state index in [1.807, 2.05) is 36.4 Å². The second-order valence-electron chi connectivity index (χ2n) is 11.1. The van der Waals surface area contributed by atoms with Gasteiger partial charge in [0.2, 0.25) is 5.88 Å². The smallest absolute Gasteiger partial charge is 0.306 e. The van der Waals surface area contributed by atoms with Crippen molar-refractivity contribution in [1.29, 1.82) is 0 Å². The molecule has 1 fully saturated rings. The number of pyridine rings is 1. The Bertz CT molecular complexity index is 1560. The molecule has 10 heteroatoms. The second-order valence-corrected chi connectivity index (χ2v) is 13.5. The van der Waals surface area contributed by atoms with Crippen LogP contribution in [0.3, 0.4) is 0 Å². The molecule has 0 radical (unpaired) electrons. The first-order valence-electron chi connectivity index (χ1n) is 13.8. The van der Waals surface area contributed by atoms with Gasteiger partial charge >= 0.3 is 5.97 Å². The molecule has 2 aromatic carbocycles. The van der Waals surface area contributed by atoms with Crippen LogP contribution in [0.5, 0.6) is 11.6 Å². The minimum atomic E-state index is -3.15. The molecule has 8 nitrogen and oxygen atoms in total. The minimum Gasteiger partial charge on any atom is -0.485 e. The summed E-state index contributed by atoms with van der Waals surface area (Å²) in [5.41, 5.74) is 4.85. The lowest BCUT2D eigenvalue weighted by Gasteiger charge is -2.28. The van der Waals surface area contributed by atoms with Crippen LogP contribution in [0.2, 0.25) is 0 Å². The highest BCUT2D eigenvalue weighted by atomic mass is 32.2. The highest BCUT2D eigenvalue weighted by Gasteiger charge is 2.31. The van der Waals surface area contributed by atoms with Crippen LogP contribution >= 0.6 is 0 Å². The molecule has 41 heavy (non-hydrogen) atoms. The molecule has 0 amide bonds. The number of carboxylic acids is 1. The van der Waals surface area contributed by atoms with Crippen molar-refractivity contribution in [3.05, 3.63) is 76.7 Å². The lowest BCUT2D eigenvalue weighted by atomic mass is 9.91. The van der Waals surface area contributed by atoms with Crippen LogP contribution in [0.15, 0.2) is 48.7 Å². The summed E-state index contributed by atoms with van der Waals surface area (Å²) in [6.07, 6.45) is 4.74. The molecule has 0 aliphatic carbocycles. The first-order valence-corrected chi connectivity index (χ1v) is 15.7. The zero-order valence-corrected chi connectivity index (χ0v) is 24.3. The Kier molecular flexibility index (Phi) is 8.33. The number of hydrogen-bond donors (Lipinski definition) is 1. The number of aromatic nitrogens is 1. The van der Waals surface area contributed by atoms with E-state index in [2.05, 4.69) is 9.88 Å². The molecule has 3 aromatic rings. The van der Waals surface area contributed by atoms with Crippen molar-refractivity contribution < 1.29 is 32.2 Å². The number of carbonyl (C=O) groups is 1. The summed E-state index contributed by atoms with van der Waals surface area (Å²) in [7, 11) is -1.67. The quantitative estimate of drug-likeness (QED) is 0.382. The van der Waals surface area contributed by atoms with Crippen LogP contribution in [0.25, 0.3) is 11.1 Å². The Morgan fingerprint density at radius 1 is 1.20 bits per heavy atom. The number of fused-ring (bicyclic) bond motifs is 1. The number of sulfone groups is 1. The Balaban J connectivity index is 1.46. The summed E-state index contributed by atoms with van der Waals surface area (Å²) in [4.78, 5) is 17.4. The Hall–Kier alpha value is -3.50. The van der Waals surface area contributed by atoms with Crippen molar-refractivity contribution in [2.45, 2.75) is 50.5 Å². The molecule has 1 saturated heterocycles. The van der Waals surface area contributed by atoms with E-state index in [1.54, 1.807) is 13.0 Å². The van der Waals surface area contributed by atoms with E-state index >= 15 is 4.39 Å². The fraction of sp³-hybridized carbons (Fsp3) is 0.419. The number of likely N-dealkylation sites (tertiary alicyclic amines) is 1. The second kappa shape index (κ2) is 11.8. The van der Waals surface area contributed by atoms with Crippen molar-refractivity contribution in [3.8, 4) is 22.8 Å². The van der Waals surface area contributed by atoms with Gasteiger partial charge in [-0.15, -0.1) is 0 Å². The third-order valence-corrected chi connectivity index (χ3v) is 9.70. The van der Waals surface area contributed by atoms with Crippen LogP contribution in [-0.2, 0) is 34.0 Å². The number of ether oxygens (including phenoxy) is 2. The minimum absolute atomic E-state index is 0.235. The number of aryl methyl sites for hydroxylation is 1. The molecule has 0 spiro atoms. The van der Waals surface area contributed by atoms with Crippen LogP contribution in [0.4, 0.5) is 4.39 Å². The highest BCUT2D eigenvalue weighted by molar-refractivity contribution is 7.91. The maximum absolute atomic E-state index is 15.0. The van der Waals surface area contributed by atoms with Gasteiger partial charge in [0, 0.05) is 31.0 Å². The molecule has 2 aliphatic rings. The summed E-state index contributed by atoms with van der Waals surface area (Å²) in [6.45, 7) is 3.21. The van der Waals surface area contributed by atoms with E-state index < -0.39 is 32.8 Å². The van der Waals surface area contributed by atoms with Gasteiger partial charge in [-0.3, -0.25) is 9.69 Å². The average molecular weight is 583 g/mol. The molecular weight excluding hydrogens is 547 g/mol. The lowest BCUT2D eigenvalue weighted by Crippen LogP contribution is -2.26. The largest absolute Gasteiger partial charge is 0.485 e. The number of nitrogens with zero attached hydrogens (tertiary/aromatic N) is 2. The van der Waals surface area contributed by atoms with Gasteiger partial charge in [-0.05, 0) is 66.1 Å². The fourth-order valence-electron chi connectivity index (χ4n) is 5.69. The van der Waals surface area contributed by atoms with Crippen LogP contribution in [0.1, 0.15) is 48.1 Å². The Morgan fingerprint density at radius 3 is 2.71 bits per heavy atom. The van der Waals surface area contributed by atoms with Gasteiger partial charge in [-0.1, -0.05) is 37.3 Å². The molecule has 3 atom stereocenters. The number of benzene rings is 2.